The molecule has 1 radical (unpaired) electrons. The molecule has 0 fully saturated rings. The SMILES string of the molecule is [CH2]CC(O)(CCCC)c1cccc(NS(=O)(=O)CCCC)c1. The molecule has 0 spiro atoms. The van der Waals surface area contributed by atoms with Crippen molar-refractivity contribution in [1.82, 2.24) is 0 Å². The van der Waals surface area contributed by atoms with E-state index in [1.165, 1.54) is 0 Å². The van der Waals surface area contributed by atoms with Gasteiger partial charge in [-0.15, -0.1) is 0 Å². The Balaban J connectivity index is 2.93. The average molecular weight is 326 g/mol. The molecule has 0 saturated heterocycles. The van der Waals surface area contributed by atoms with Crippen molar-refractivity contribution in [2.24, 2.45) is 0 Å². The summed E-state index contributed by atoms with van der Waals surface area (Å²) < 4.78 is 26.5. The molecular formula is C17H28NO3S. The van der Waals surface area contributed by atoms with Gasteiger partial charge in [0.2, 0.25) is 10.0 Å². The Labute approximate surface area is 135 Å². The lowest BCUT2D eigenvalue weighted by Crippen LogP contribution is -2.25. The van der Waals surface area contributed by atoms with E-state index in [4.69, 9.17) is 0 Å². The van der Waals surface area contributed by atoms with Crippen molar-refractivity contribution in [3.63, 3.8) is 0 Å². The summed E-state index contributed by atoms with van der Waals surface area (Å²) >= 11 is 0. The summed E-state index contributed by atoms with van der Waals surface area (Å²) in [7, 11) is -3.33. The summed E-state index contributed by atoms with van der Waals surface area (Å²) in [6, 6.07) is 7.00. The predicted octanol–water partition coefficient (Wildman–Crippen LogP) is 3.83. The van der Waals surface area contributed by atoms with Crippen molar-refractivity contribution in [1.29, 1.82) is 0 Å². The first-order valence-corrected chi connectivity index (χ1v) is 9.64. The summed E-state index contributed by atoms with van der Waals surface area (Å²) in [4.78, 5) is 0. The van der Waals surface area contributed by atoms with Crippen molar-refractivity contribution in [3.05, 3.63) is 36.8 Å². The first-order valence-electron chi connectivity index (χ1n) is 7.99. The van der Waals surface area contributed by atoms with Gasteiger partial charge in [-0.3, -0.25) is 4.72 Å². The Morgan fingerprint density at radius 3 is 2.50 bits per heavy atom. The molecule has 0 aromatic heterocycles. The highest BCUT2D eigenvalue weighted by atomic mass is 32.2. The van der Waals surface area contributed by atoms with Gasteiger partial charge in [0.25, 0.3) is 0 Å². The van der Waals surface area contributed by atoms with Gasteiger partial charge in [0.1, 0.15) is 0 Å². The van der Waals surface area contributed by atoms with Gasteiger partial charge >= 0.3 is 0 Å². The Kier molecular flexibility index (Phi) is 7.36. The highest BCUT2D eigenvalue weighted by Gasteiger charge is 2.26. The molecular weight excluding hydrogens is 298 g/mol. The quantitative estimate of drug-likeness (QED) is 0.686. The molecule has 0 amide bonds. The van der Waals surface area contributed by atoms with Crippen LogP contribution in [0.3, 0.4) is 0 Å². The van der Waals surface area contributed by atoms with E-state index in [2.05, 4.69) is 18.6 Å². The molecule has 0 bridgehead atoms. The Morgan fingerprint density at radius 2 is 1.91 bits per heavy atom. The number of rotatable bonds is 10. The van der Waals surface area contributed by atoms with Gasteiger partial charge in [-0.2, -0.15) is 0 Å². The lowest BCUT2D eigenvalue weighted by atomic mass is 9.86. The third-order valence-electron chi connectivity index (χ3n) is 3.80. The van der Waals surface area contributed by atoms with E-state index in [-0.39, 0.29) is 5.75 Å². The Hall–Kier alpha value is -1.07. The standard InChI is InChI=1S/C17H28NO3S/c1-4-7-12-17(19,6-3)15-10-9-11-16(14-15)18-22(20,21)13-8-5-2/h9-11,14,18-19H,3-8,12-13H2,1-2H3. The highest BCUT2D eigenvalue weighted by molar-refractivity contribution is 7.92. The minimum atomic E-state index is -3.33. The van der Waals surface area contributed by atoms with Crippen molar-refractivity contribution < 1.29 is 13.5 Å². The summed E-state index contributed by atoms with van der Waals surface area (Å²) in [5, 5.41) is 10.7. The van der Waals surface area contributed by atoms with E-state index in [0.717, 1.165) is 19.3 Å². The van der Waals surface area contributed by atoms with Crippen LogP contribution in [0.4, 0.5) is 5.69 Å². The Morgan fingerprint density at radius 1 is 1.23 bits per heavy atom. The predicted molar refractivity (Wildman–Crippen MR) is 92.2 cm³/mol. The van der Waals surface area contributed by atoms with Gasteiger partial charge in [0.05, 0.1) is 11.4 Å². The smallest absolute Gasteiger partial charge is 0.232 e. The minimum Gasteiger partial charge on any atom is -0.385 e. The maximum Gasteiger partial charge on any atom is 0.232 e. The lowest BCUT2D eigenvalue weighted by Gasteiger charge is -2.27. The largest absolute Gasteiger partial charge is 0.385 e. The van der Waals surface area contributed by atoms with Crippen LogP contribution in [0.2, 0.25) is 0 Å². The summed E-state index contributed by atoms with van der Waals surface area (Å²) in [6.45, 7) is 7.87. The highest BCUT2D eigenvalue weighted by Crippen LogP contribution is 2.32. The van der Waals surface area contributed by atoms with Crippen LogP contribution < -0.4 is 4.72 Å². The Bertz CT molecular complexity index is 557. The van der Waals surface area contributed by atoms with Gasteiger partial charge in [-0.25, -0.2) is 8.42 Å². The molecule has 1 atom stereocenters. The molecule has 0 saturated carbocycles. The second-order valence-corrected chi connectivity index (χ2v) is 7.58. The normalized spacial score (nSPS) is 14.5. The monoisotopic (exact) mass is 326 g/mol. The molecule has 5 heteroatoms. The second kappa shape index (κ2) is 8.53. The zero-order valence-electron chi connectivity index (χ0n) is 13.6. The van der Waals surface area contributed by atoms with Crippen LogP contribution in [0.15, 0.2) is 24.3 Å². The number of anilines is 1. The van der Waals surface area contributed by atoms with Crippen LogP contribution in [0.1, 0.15) is 57.9 Å². The third-order valence-corrected chi connectivity index (χ3v) is 5.17. The van der Waals surface area contributed by atoms with Gasteiger partial charge in [0.15, 0.2) is 0 Å². The summed E-state index contributed by atoms with van der Waals surface area (Å²) in [6.07, 6.45) is 4.34. The molecule has 1 aromatic rings. The van der Waals surface area contributed by atoms with E-state index < -0.39 is 15.6 Å². The first kappa shape index (κ1) is 19.0. The number of unbranched alkanes of at least 4 members (excludes halogenated alkanes) is 2. The summed E-state index contributed by atoms with van der Waals surface area (Å²) in [5.74, 6) is 0.114. The number of hydrogen-bond donors (Lipinski definition) is 2. The van der Waals surface area contributed by atoms with Gasteiger partial charge in [-0.1, -0.05) is 52.2 Å². The van der Waals surface area contributed by atoms with Crippen LogP contribution in [0, 0.1) is 6.92 Å². The van der Waals surface area contributed by atoms with Crippen LogP contribution in [-0.4, -0.2) is 19.3 Å². The number of aliphatic hydroxyl groups is 1. The van der Waals surface area contributed by atoms with E-state index >= 15 is 0 Å². The van der Waals surface area contributed by atoms with Crippen molar-refractivity contribution in [2.75, 3.05) is 10.5 Å². The van der Waals surface area contributed by atoms with Gasteiger partial charge < -0.3 is 5.11 Å². The van der Waals surface area contributed by atoms with Crippen molar-refractivity contribution in [2.45, 2.75) is 58.0 Å². The lowest BCUT2D eigenvalue weighted by molar-refractivity contribution is 0.0275. The van der Waals surface area contributed by atoms with E-state index in [1.54, 1.807) is 18.2 Å². The molecule has 0 aliphatic carbocycles. The molecule has 1 aromatic carbocycles. The second-order valence-electron chi connectivity index (χ2n) is 5.74. The third kappa shape index (κ3) is 5.61. The fourth-order valence-corrected chi connectivity index (χ4v) is 3.58. The fourth-order valence-electron chi connectivity index (χ4n) is 2.32. The van der Waals surface area contributed by atoms with Gasteiger partial charge in [0, 0.05) is 5.69 Å². The first-order chi connectivity index (χ1) is 10.4. The topological polar surface area (TPSA) is 66.4 Å². The van der Waals surface area contributed by atoms with Crippen LogP contribution in [0.25, 0.3) is 0 Å². The van der Waals surface area contributed by atoms with E-state index in [9.17, 15) is 13.5 Å². The molecule has 0 aliphatic rings. The maximum atomic E-state index is 12.0. The average Bonchev–Trinajstić information content (AvgIpc) is 2.50. The summed E-state index contributed by atoms with van der Waals surface area (Å²) in [5.41, 5.74) is 0.213. The molecule has 4 nitrogen and oxygen atoms in total. The number of hydrogen-bond acceptors (Lipinski definition) is 3. The minimum absolute atomic E-state index is 0.114. The van der Waals surface area contributed by atoms with Crippen LogP contribution in [0.5, 0.6) is 0 Å². The van der Waals surface area contributed by atoms with Crippen LogP contribution >= 0.6 is 0 Å². The van der Waals surface area contributed by atoms with Crippen molar-refractivity contribution in [3.8, 4) is 0 Å². The molecule has 0 heterocycles. The zero-order chi connectivity index (χ0) is 16.6. The van der Waals surface area contributed by atoms with Crippen LogP contribution in [-0.2, 0) is 15.6 Å². The molecule has 125 valence electrons. The molecule has 22 heavy (non-hydrogen) atoms. The van der Waals surface area contributed by atoms with E-state index in [0.29, 0.717) is 30.5 Å². The van der Waals surface area contributed by atoms with Gasteiger partial charge in [-0.05, 0) is 37.0 Å². The fraction of sp³-hybridized carbons (Fsp3) is 0.588. The number of sulfonamides is 1. The van der Waals surface area contributed by atoms with Crippen molar-refractivity contribution >= 4 is 15.7 Å². The number of nitrogens with one attached hydrogen (secondary N) is 1. The zero-order valence-corrected chi connectivity index (χ0v) is 14.5. The maximum absolute atomic E-state index is 12.0. The molecule has 1 rings (SSSR count). The molecule has 2 N–H and O–H groups in total. The molecule has 0 aliphatic heterocycles. The number of benzene rings is 1. The molecule has 1 unspecified atom stereocenters. The van der Waals surface area contributed by atoms with E-state index in [1.807, 2.05) is 13.0 Å².